The van der Waals surface area contributed by atoms with Crippen molar-refractivity contribution in [3.63, 3.8) is 0 Å². The molecule has 0 bridgehead atoms. The highest BCUT2D eigenvalue weighted by atomic mass is 16.2. The fourth-order valence-electron chi connectivity index (χ4n) is 3.58. The van der Waals surface area contributed by atoms with E-state index in [1.165, 1.54) is 0 Å². The molecule has 4 aromatic carbocycles. The molecule has 1 N–H and O–H groups in total. The molecule has 0 saturated carbocycles. The van der Waals surface area contributed by atoms with Gasteiger partial charge < -0.3 is 0 Å². The number of hydrogen-bond donors (Lipinski definition) is 1. The van der Waals surface area contributed by atoms with E-state index in [1.807, 2.05) is 97.1 Å². The fourth-order valence-corrected chi connectivity index (χ4v) is 3.58. The van der Waals surface area contributed by atoms with Gasteiger partial charge in [0.25, 0.3) is 0 Å². The Bertz CT molecular complexity index is 972. The van der Waals surface area contributed by atoms with Crippen molar-refractivity contribution >= 4 is 17.3 Å². The van der Waals surface area contributed by atoms with Crippen molar-refractivity contribution in [1.82, 2.24) is 5.32 Å². The Morgan fingerprint density at radius 2 is 0.967 bits per heavy atom. The number of nitrogens with one attached hydrogen (secondary N) is 1. The Balaban J connectivity index is 1.60. The lowest BCUT2D eigenvalue weighted by molar-refractivity contribution is -0.117. The molecule has 0 atom stereocenters. The van der Waals surface area contributed by atoms with Crippen molar-refractivity contribution in [2.45, 2.75) is 6.04 Å². The van der Waals surface area contributed by atoms with E-state index in [2.05, 4.69) is 29.6 Å². The van der Waals surface area contributed by atoms with E-state index >= 15 is 0 Å². The van der Waals surface area contributed by atoms with Crippen LogP contribution in [0.15, 0.2) is 121 Å². The van der Waals surface area contributed by atoms with E-state index in [4.69, 9.17) is 0 Å². The van der Waals surface area contributed by atoms with Gasteiger partial charge in [0, 0.05) is 11.4 Å². The first kappa shape index (κ1) is 19.6. The minimum Gasteiger partial charge on any atom is -0.298 e. The monoisotopic (exact) mass is 392 g/mol. The third kappa shape index (κ3) is 4.65. The second kappa shape index (κ2) is 9.68. The van der Waals surface area contributed by atoms with Crippen molar-refractivity contribution in [2.24, 2.45) is 0 Å². The number of amides is 1. The highest BCUT2D eigenvalue weighted by molar-refractivity contribution is 6.01. The summed E-state index contributed by atoms with van der Waals surface area (Å²) in [6.45, 7) is 0.207. The van der Waals surface area contributed by atoms with Gasteiger partial charge in [0.2, 0.25) is 5.91 Å². The van der Waals surface area contributed by atoms with E-state index in [0.717, 1.165) is 22.5 Å². The van der Waals surface area contributed by atoms with Crippen LogP contribution in [0.2, 0.25) is 0 Å². The number of hydrogen-bond acceptors (Lipinski definition) is 2. The Labute approximate surface area is 177 Å². The van der Waals surface area contributed by atoms with Gasteiger partial charge >= 0.3 is 0 Å². The number of nitrogens with zero attached hydrogens (tertiary/aromatic N) is 1. The number of rotatable bonds is 7. The first-order valence-electron chi connectivity index (χ1n) is 10.1. The van der Waals surface area contributed by atoms with Crippen LogP contribution in [-0.2, 0) is 4.79 Å². The minimum absolute atomic E-state index is 0.00994. The molecule has 148 valence electrons. The van der Waals surface area contributed by atoms with Crippen LogP contribution in [-0.4, -0.2) is 12.5 Å². The zero-order valence-corrected chi connectivity index (χ0v) is 16.7. The number of carbonyl (C=O) groups is 1. The SMILES string of the molecule is O=C(CNC(c1ccccc1)c1ccccc1)N(c1ccccc1)c1ccccc1. The molecule has 4 aromatic rings. The molecule has 0 unspecified atom stereocenters. The van der Waals surface area contributed by atoms with Gasteiger partial charge in [-0.2, -0.15) is 0 Å². The first-order valence-corrected chi connectivity index (χ1v) is 10.1. The van der Waals surface area contributed by atoms with Crippen molar-refractivity contribution in [3.05, 3.63) is 132 Å². The molecule has 0 spiro atoms. The van der Waals surface area contributed by atoms with Gasteiger partial charge in [0.15, 0.2) is 0 Å². The molecule has 3 nitrogen and oxygen atoms in total. The zero-order chi connectivity index (χ0) is 20.6. The van der Waals surface area contributed by atoms with Crippen molar-refractivity contribution in [1.29, 1.82) is 0 Å². The van der Waals surface area contributed by atoms with E-state index in [1.54, 1.807) is 4.90 Å². The first-order chi connectivity index (χ1) is 14.8. The highest BCUT2D eigenvalue weighted by Gasteiger charge is 2.20. The average Bonchev–Trinajstić information content (AvgIpc) is 2.82. The Morgan fingerprint density at radius 1 is 0.600 bits per heavy atom. The highest BCUT2D eigenvalue weighted by Crippen LogP contribution is 2.26. The number of carbonyl (C=O) groups excluding carboxylic acids is 1. The molecule has 0 fully saturated rings. The van der Waals surface area contributed by atoms with Gasteiger partial charge in [0.05, 0.1) is 12.6 Å². The van der Waals surface area contributed by atoms with Crippen molar-refractivity contribution < 1.29 is 4.79 Å². The fraction of sp³-hybridized carbons (Fsp3) is 0.0741. The second-order valence-electron chi connectivity index (χ2n) is 7.04. The summed E-state index contributed by atoms with van der Waals surface area (Å²) in [6, 6.07) is 39.9. The van der Waals surface area contributed by atoms with Crippen LogP contribution in [0.5, 0.6) is 0 Å². The molecule has 3 heteroatoms. The van der Waals surface area contributed by atoms with E-state index in [9.17, 15) is 4.79 Å². The summed E-state index contributed by atoms with van der Waals surface area (Å²) in [5.74, 6) is -0.00994. The summed E-state index contributed by atoms with van der Waals surface area (Å²) in [5.41, 5.74) is 3.96. The van der Waals surface area contributed by atoms with Crippen LogP contribution >= 0.6 is 0 Å². The molecule has 30 heavy (non-hydrogen) atoms. The summed E-state index contributed by atoms with van der Waals surface area (Å²) in [5, 5.41) is 3.48. The molecular weight excluding hydrogens is 368 g/mol. The predicted molar refractivity (Wildman–Crippen MR) is 123 cm³/mol. The van der Waals surface area contributed by atoms with E-state index in [-0.39, 0.29) is 18.5 Å². The molecule has 0 aliphatic carbocycles. The zero-order valence-electron chi connectivity index (χ0n) is 16.7. The van der Waals surface area contributed by atoms with E-state index in [0.29, 0.717) is 0 Å². The van der Waals surface area contributed by atoms with Crippen molar-refractivity contribution in [2.75, 3.05) is 11.4 Å². The van der Waals surface area contributed by atoms with Crippen LogP contribution < -0.4 is 10.2 Å². The molecule has 0 heterocycles. The summed E-state index contributed by atoms with van der Waals surface area (Å²) in [6.07, 6.45) is 0. The molecular formula is C27H24N2O. The van der Waals surface area contributed by atoms with Gasteiger partial charge in [-0.05, 0) is 35.4 Å². The van der Waals surface area contributed by atoms with Gasteiger partial charge in [-0.1, -0.05) is 97.1 Å². The Morgan fingerprint density at radius 3 is 1.37 bits per heavy atom. The summed E-state index contributed by atoms with van der Waals surface area (Å²) < 4.78 is 0. The van der Waals surface area contributed by atoms with Crippen LogP contribution in [0.3, 0.4) is 0 Å². The molecule has 0 aliphatic heterocycles. The lowest BCUT2D eigenvalue weighted by Gasteiger charge is -2.25. The summed E-state index contributed by atoms with van der Waals surface area (Å²) in [4.78, 5) is 15.1. The largest absolute Gasteiger partial charge is 0.298 e. The standard InChI is InChI=1S/C27H24N2O/c30-26(29(24-17-9-3-10-18-24)25-19-11-4-12-20-25)21-28-27(22-13-5-1-6-14-22)23-15-7-2-8-16-23/h1-20,27-28H,21H2. The molecule has 0 radical (unpaired) electrons. The number of benzene rings is 4. The number of para-hydroxylation sites is 2. The van der Waals surface area contributed by atoms with Gasteiger partial charge in [-0.3, -0.25) is 15.0 Å². The van der Waals surface area contributed by atoms with Crippen molar-refractivity contribution in [3.8, 4) is 0 Å². The maximum atomic E-state index is 13.4. The molecule has 0 saturated heterocycles. The average molecular weight is 393 g/mol. The maximum absolute atomic E-state index is 13.4. The van der Waals surface area contributed by atoms with Gasteiger partial charge in [0.1, 0.15) is 0 Å². The Kier molecular flexibility index (Phi) is 6.33. The van der Waals surface area contributed by atoms with Crippen LogP contribution in [0.1, 0.15) is 17.2 Å². The summed E-state index contributed by atoms with van der Waals surface area (Å²) >= 11 is 0. The van der Waals surface area contributed by atoms with E-state index < -0.39 is 0 Å². The van der Waals surface area contributed by atoms with Crippen LogP contribution in [0, 0.1) is 0 Å². The molecule has 0 aliphatic rings. The topological polar surface area (TPSA) is 32.3 Å². The minimum atomic E-state index is -0.0650. The van der Waals surface area contributed by atoms with Gasteiger partial charge in [-0.25, -0.2) is 0 Å². The third-order valence-electron chi connectivity index (χ3n) is 5.00. The van der Waals surface area contributed by atoms with Gasteiger partial charge in [-0.15, -0.1) is 0 Å². The lowest BCUT2D eigenvalue weighted by Crippen LogP contribution is -2.37. The smallest absolute Gasteiger partial charge is 0.245 e. The second-order valence-corrected chi connectivity index (χ2v) is 7.04. The molecule has 4 rings (SSSR count). The van der Waals surface area contributed by atoms with Crippen LogP contribution in [0.25, 0.3) is 0 Å². The van der Waals surface area contributed by atoms with Crippen LogP contribution in [0.4, 0.5) is 11.4 Å². The Hall–Kier alpha value is -3.69. The lowest BCUT2D eigenvalue weighted by atomic mass is 9.99. The predicted octanol–water partition coefficient (Wildman–Crippen LogP) is 5.73. The quantitative estimate of drug-likeness (QED) is 0.436. The maximum Gasteiger partial charge on any atom is 0.245 e. The third-order valence-corrected chi connectivity index (χ3v) is 5.00. The summed E-state index contributed by atoms with van der Waals surface area (Å²) in [7, 11) is 0. The normalized spacial score (nSPS) is 10.7. The number of anilines is 2. The molecule has 0 aromatic heterocycles. The molecule has 1 amide bonds.